The number of hydrogen-bond acceptors (Lipinski definition) is 4. The summed E-state index contributed by atoms with van der Waals surface area (Å²) in [4.78, 5) is 17.1. The van der Waals surface area contributed by atoms with Gasteiger partial charge in [-0.1, -0.05) is 6.07 Å². The van der Waals surface area contributed by atoms with Crippen molar-refractivity contribution in [2.45, 2.75) is 32.1 Å². The Morgan fingerprint density at radius 2 is 1.89 bits per heavy atom. The Morgan fingerprint density at radius 1 is 1.11 bits per heavy atom. The van der Waals surface area contributed by atoms with E-state index < -0.39 is 0 Å². The van der Waals surface area contributed by atoms with Crippen LogP contribution in [-0.2, 0) is 6.42 Å². The molecule has 2 fully saturated rings. The summed E-state index contributed by atoms with van der Waals surface area (Å²) in [5, 5.41) is 3.08. The molecule has 6 nitrogen and oxygen atoms in total. The van der Waals surface area contributed by atoms with Crippen LogP contribution in [0.2, 0.25) is 0 Å². The van der Waals surface area contributed by atoms with Gasteiger partial charge < -0.3 is 24.6 Å². The minimum absolute atomic E-state index is 0.0709. The van der Waals surface area contributed by atoms with Crippen LogP contribution in [0.3, 0.4) is 0 Å². The highest BCUT2D eigenvalue weighted by molar-refractivity contribution is 5.74. The third kappa shape index (κ3) is 5.51. The molecule has 3 rings (SSSR count). The zero-order valence-corrected chi connectivity index (χ0v) is 16.7. The number of methoxy groups -OCH3 is 2. The lowest BCUT2D eigenvalue weighted by molar-refractivity contribution is 0.147. The van der Waals surface area contributed by atoms with Gasteiger partial charge >= 0.3 is 6.03 Å². The van der Waals surface area contributed by atoms with Crippen LogP contribution in [-0.4, -0.2) is 69.3 Å². The van der Waals surface area contributed by atoms with E-state index in [1.807, 2.05) is 23.1 Å². The fraction of sp³-hybridized carbons (Fsp3) is 0.667. The van der Waals surface area contributed by atoms with Crippen molar-refractivity contribution in [3.8, 4) is 11.5 Å². The SMILES string of the molecule is COc1ccc(CCNC(=O)N2CCCC(CN3CCCC3)C2)cc1OC. The van der Waals surface area contributed by atoms with Gasteiger partial charge in [-0.3, -0.25) is 0 Å². The van der Waals surface area contributed by atoms with Gasteiger partial charge in [0.05, 0.1) is 14.2 Å². The van der Waals surface area contributed by atoms with Gasteiger partial charge in [-0.15, -0.1) is 0 Å². The molecular formula is C21H33N3O3. The van der Waals surface area contributed by atoms with E-state index in [4.69, 9.17) is 9.47 Å². The van der Waals surface area contributed by atoms with Gasteiger partial charge in [0.25, 0.3) is 0 Å². The van der Waals surface area contributed by atoms with E-state index in [1.165, 1.54) is 32.4 Å². The topological polar surface area (TPSA) is 54.0 Å². The molecule has 2 aliphatic heterocycles. The molecule has 2 saturated heterocycles. The number of likely N-dealkylation sites (tertiary alicyclic amines) is 2. The van der Waals surface area contributed by atoms with E-state index in [-0.39, 0.29) is 6.03 Å². The Morgan fingerprint density at radius 3 is 2.63 bits per heavy atom. The predicted octanol–water partition coefficient (Wildman–Crippen LogP) is 2.76. The predicted molar refractivity (Wildman–Crippen MR) is 107 cm³/mol. The van der Waals surface area contributed by atoms with Gasteiger partial charge in [-0.25, -0.2) is 4.79 Å². The smallest absolute Gasteiger partial charge is 0.317 e. The van der Waals surface area contributed by atoms with Crippen LogP contribution in [0.15, 0.2) is 18.2 Å². The Bertz CT molecular complexity index is 617. The number of rotatable bonds is 7. The number of carbonyl (C=O) groups excluding carboxylic acids is 1. The lowest BCUT2D eigenvalue weighted by Gasteiger charge is -2.34. The van der Waals surface area contributed by atoms with Crippen LogP contribution < -0.4 is 14.8 Å². The molecule has 1 aromatic carbocycles. The highest BCUT2D eigenvalue weighted by Crippen LogP contribution is 2.27. The number of ether oxygens (including phenoxy) is 2. The van der Waals surface area contributed by atoms with Crippen LogP contribution in [0.4, 0.5) is 4.79 Å². The number of piperidine rings is 1. The second-order valence-electron chi connectivity index (χ2n) is 7.63. The molecule has 1 unspecified atom stereocenters. The van der Waals surface area contributed by atoms with Crippen LogP contribution in [0, 0.1) is 5.92 Å². The van der Waals surface area contributed by atoms with Crippen LogP contribution in [0.5, 0.6) is 11.5 Å². The highest BCUT2D eigenvalue weighted by Gasteiger charge is 2.25. The summed E-state index contributed by atoms with van der Waals surface area (Å²) in [6.45, 7) is 6.00. The summed E-state index contributed by atoms with van der Waals surface area (Å²) in [6, 6.07) is 5.96. The molecule has 27 heavy (non-hydrogen) atoms. The lowest BCUT2D eigenvalue weighted by Crippen LogP contribution is -2.47. The van der Waals surface area contributed by atoms with Crippen LogP contribution in [0.1, 0.15) is 31.2 Å². The Kier molecular flexibility index (Phi) is 7.21. The van der Waals surface area contributed by atoms with Crippen molar-refractivity contribution >= 4 is 6.03 Å². The summed E-state index contributed by atoms with van der Waals surface area (Å²) in [6.07, 6.45) is 5.78. The fourth-order valence-electron chi connectivity index (χ4n) is 4.19. The monoisotopic (exact) mass is 375 g/mol. The number of amides is 2. The average Bonchev–Trinajstić information content (AvgIpc) is 3.21. The maximum absolute atomic E-state index is 12.6. The van der Waals surface area contributed by atoms with E-state index in [0.29, 0.717) is 12.5 Å². The summed E-state index contributed by atoms with van der Waals surface area (Å²) >= 11 is 0. The zero-order chi connectivity index (χ0) is 19.1. The third-order valence-corrected chi connectivity index (χ3v) is 5.66. The molecule has 0 radical (unpaired) electrons. The average molecular weight is 376 g/mol. The van der Waals surface area contributed by atoms with Gasteiger partial charge in [-0.2, -0.15) is 0 Å². The summed E-state index contributed by atoms with van der Waals surface area (Å²) in [5.41, 5.74) is 1.12. The van der Waals surface area contributed by atoms with Crippen molar-refractivity contribution in [2.24, 2.45) is 5.92 Å². The summed E-state index contributed by atoms with van der Waals surface area (Å²) in [7, 11) is 3.27. The second-order valence-corrected chi connectivity index (χ2v) is 7.63. The van der Waals surface area contributed by atoms with Gasteiger partial charge in [0, 0.05) is 26.2 Å². The molecule has 0 bridgehead atoms. The first-order valence-electron chi connectivity index (χ1n) is 10.2. The number of carbonyl (C=O) groups is 1. The molecule has 0 aromatic heterocycles. The molecule has 1 N–H and O–H groups in total. The maximum atomic E-state index is 12.6. The number of nitrogens with one attached hydrogen (secondary N) is 1. The normalized spacial score (nSPS) is 20.5. The molecule has 1 aromatic rings. The standard InChI is InChI=1S/C21H33N3O3/c1-26-19-8-7-17(14-20(19)27-2)9-10-22-21(25)24-13-5-6-18(16-24)15-23-11-3-4-12-23/h7-8,14,18H,3-6,9-13,15-16H2,1-2H3,(H,22,25). The number of benzene rings is 1. The molecule has 0 spiro atoms. The lowest BCUT2D eigenvalue weighted by atomic mass is 9.98. The van der Waals surface area contributed by atoms with Gasteiger partial charge in [0.15, 0.2) is 11.5 Å². The molecule has 0 saturated carbocycles. The molecule has 2 heterocycles. The largest absolute Gasteiger partial charge is 0.493 e. The quantitative estimate of drug-likeness (QED) is 0.796. The molecule has 6 heteroatoms. The van der Waals surface area contributed by atoms with Crippen molar-refractivity contribution in [2.75, 3.05) is 53.5 Å². The number of urea groups is 1. The fourth-order valence-corrected chi connectivity index (χ4v) is 4.19. The minimum atomic E-state index is 0.0709. The van der Waals surface area contributed by atoms with E-state index in [1.54, 1.807) is 14.2 Å². The Labute approximate surface area is 162 Å². The van der Waals surface area contributed by atoms with Gasteiger partial charge in [-0.05, 0) is 68.8 Å². The number of nitrogens with zero attached hydrogens (tertiary/aromatic N) is 2. The maximum Gasteiger partial charge on any atom is 0.317 e. The van der Waals surface area contributed by atoms with E-state index in [0.717, 1.165) is 49.5 Å². The Hall–Kier alpha value is -1.95. The first-order valence-corrected chi connectivity index (χ1v) is 10.2. The summed E-state index contributed by atoms with van der Waals surface area (Å²) < 4.78 is 10.6. The van der Waals surface area contributed by atoms with Crippen molar-refractivity contribution in [1.82, 2.24) is 15.1 Å². The minimum Gasteiger partial charge on any atom is -0.493 e. The summed E-state index contributed by atoms with van der Waals surface area (Å²) in [5.74, 6) is 2.07. The molecule has 2 amide bonds. The molecular weight excluding hydrogens is 342 g/mol. The van der Waals surface area contributed by atoms with Crippen molar-refractivity contribution in [1.29, 1.82) is 0 Å². The van der Waals surface area contributed by atoms with Crippen LogP contribution >= 0.6 is 0 Å². The van der Waals surface area contributed by atoms with Crippen molar-refractivity contribution in [3.05, 3.63) is 23.8 Å². The van der Waals surface area contributed by atoms with E-state index in [9.17, 15) is 4.79 Å². The van der Waals surface area contributed by atoms with E-state index in [2.05, 4.69) is 10.2 Å². The number of hydrogen-bond donors (Lipinski definition) is 1. The molecule has 2 aliphatic rings. The van der Waals surface area contributed by atoms with Gasteiger partial charge in [0.1, 0.15) is 0 Å². The van der Waals surface area contributed by atoms with Crippen molar-refractivity contribution < 1.29 is 14.3 Å². The molecule has 150 valence electrons. The zero-order valence-electron chi connectivity index (χ0n) is 16.7. The second kappa shape index (κ2) is 9.83. The third-order valence-electron chi connectivity index (χ3n) is 5.66. The Balaban J connectivity index is 1.43. The van der Waals surface area contributed by atoms with E-state index >= 15 is 0 Å². The van der Waals surface area contributed by atoms with Crippen molar-refractivity contribution in [3.63, 3.8) is 0 Å². The van der Waals surface area contributed by atoms with Crippen LogP contribution in [0.25, 0.3) is 0 Å². The highest BCUT2D eigenvalue weighted by atomic mass is 16.5. The molecule has 1 atom stereocenters. The first-order chi connectivity index (χ1) is 13.2. The van der Waals surface area contributed by atoms with Gasteiger partial charge in [0.2, 0.25) is 0 Å². The molecule has 0 aliphatic carbocycles. The first kappa shape index (κ1) is 19.8.